The van der Waals surface area contributed by atoms with Gasteiger partial charge in [0.15, 0.2) is 11.6 Å². The molecule has 96 valence electrons. The van der Waals surface area contributed by atoms with Crippen molar-refractivity contribution in [3.8, 4) is 11.4 Å². The molecule has 0 amide bonds. The summed E-state index contributed by atoms with van der Waals surface area (Å²) in [4.78, 5) is 0. The first-order chi connectivity index (χ1) is 8.65. The van der Waals surface area contributed by atoms with E-state index in [9.17, 15) is 5.11 Å². The van der Waals surface area contributed by atoms with Crippen LogP contribution < -0.4 is 0 Å². The quantitative estimate of drug-likeness (QED) is 0.944. The molecule has 0 unspecified atom stereocenters. The van der Waals surface area contributed by atoms with Crippen molar-refractivity contribution in [3.63, 3.8) is 0 Å². The van der Waals surface area contributed by atoms with Gasteiger partial charge in [-0.25, -0.2) is 0 Å². The highest BCUT2D eigenvalue weighted by Crippen LogP contribution is 2.24. The van der Waals surface area contributed by atoms with E-state index >= 15 is 0 Å². The van der Waals surface area contributed by atoms with Crippen LogP contribution in [0.5, 0.6) is 0 Å². The van der Waals surface area contributed by atoms with Crippen LogP contribution in [-0.2, 0) is 13.2 Å². The van der Waals surface area contributed by atoms with Gasteiger partial charge in [-0.2, -0.15) is 0 Å². The average molecular weight is 310 g/mol. The number of hydrogen-bond donors (Lipinski definition) is 1. The minimum Gasteiger partial charge on any atom is -0.388 e. The van der Waals surface area contributed by atoms with E-state index in [1.165, 1.54) is 0 Å². The molecule has 0 radical (unpaired) electrons. The van der Waals surface area contributed by atoms with E-state index in [4.69, 9.17) is 0 Å². The van der Waals surface area contributed by atoms with Gasteiger partial charge < -0.3 is 9.67 Å². The van der Waals surface area contributed by atoms with Gasteiger partial charge in [-0.1, -0.05) is 22.9 Å². The monoisotopic (exact) mass is 309 g/mol. The van der Waals surface area contributed by atoms with Crippen LogP contribution in [0.25, 0.3) is 11.4 Å². The lowest BCUT2D eigenvalue weighted by Crippen LogP contribution is -2.05. The molecule has 0 atom stereocenters. The number of aryl methyl sites for hydroxylation is 1. The highest BCUT2D eigenvalue weighted by Gasteiger charge is 2.13. The molecule has 0 saturated carbocycles. The van der Waals surface area contributed by atoms with Gasteiger partial charge in [-0.15, -0.1) is 10.2 Å². The van der Waals surface area contributed by atoms with Crippen LogP contribution in [0.15, 0.2) is 22.7 Å². The second-order valence-electron chi connectivity index (χ2n) is 4.27. The molecule has 0 aliphatic carbocycles. The van der Waals surface area contributed by atoms with Crippen molar-refractivity contribution >= 4 is 15.9 Å². The fourth-order valence-electron chi connectivity index (χ4n) is 1.99. The van der Waals surface area contributed by atoms with Gasteiger partial charge in [0.2, 0.25) is 0 Å². The van der Waals surface area contributed by atoms with Crippen LogP contribution in [0.3, 0.4) is 0 Å². The Morgan fingerprint density at radius 2 is 2.06 bits per heavy atom. The summed E-state index contributed by atoms with van der Waals surface area (Å²) in [6.45, 7) is 4.86. The number of rotatable bonds is 4. The molecule has 4 nitrogen and oxygen atoms in total. The second-order valence-corrected chi connectivity index (χ2v) is 5.18. The highest BCUT2D eigenvalue weighted by atomic mass is 79.9. The second kappa shape index (κ2) is 5.63. The Labute approximate surface area is 115 Å². The normalized spacial score (nSPS) is 10.9. The maximum absolute atomic E-state index is 9.28. The molecule has 0 spiro atoms. The molecule has 0 aliphatic rings. The summed E-state index contributed by atoms with van der Waals surface area (Å²) in [5, 5.41) is 17.5. The summed E-state index contributed by atoms with van der Waals surface area (Å²) in [7, 11) is 0. The first-order valence-electron chi connectivity index (χ1n) is 5.96. The Morgan fingerprint density at radius 1 is 1.28 bits per heavy atom. The molecule has 0 bridgehead atoms. The summed E-state index contributed by atoms with van der Waals surface area (Å²) in [5.41, 5.74) is 2.18. The molecular weight excluding hydrogens is 294 g/mol. The topological polar surface area (TPSA) is 50.9 Å². The maximum atomic E-state index is 9.28. The van der Waals surface area contributed by atoms with Crippen LogP contribution >= 0.6 is 15.9 Å². The van der Waals surface area contributed by atoms with Gasteiger partial charge in [0.05, 0.1) is 0 Å². The van der Waals surface area contributed by atoms with Crippen LogP contribution in [0, 0.1) is 6.92 Å². The minimum atomic E-state index is -0.0833. The average Bonchev–Trinajstić information content (AvgIpc) is 2.71. The Bertz CT molecular complexity index is 531. The maximum Gasteiger partial charge on any atom is 0.164 e. The lowest BCUT2D eigenvalue weighted by Gasteiger charge is -2.08. The summed E-state index contributed by atoms with van der Waals surface area (Å²) >= 11 is 3.49. The number of halogens is 1. The van der Waals surface area contributed by atoms with Gasteiger partial charge in [-0.3, -0.25) is 0 Å². The van der Waals surface area contributed by atoms with Crippen LogP contribution in [0.4, 0.5) is 0 Å². The zero-order valence-corrected chi connectivity index (χ0v) is 12.1. The van der Waals surface area contributed by atoms with Crippen molar-refractivity contribution in [2.45, 2.75) is 33.4 Å². The van der Waals surface area contributed by atoms with E-state index in [1.54, 1.807) is 0 Å². The first kappa shape index (κ1) is 13.2. The third kappa shape index (κ3) is 2.62. The Kier molecular flexibility index (Phi) is 4.14. The van der Waals surface area contributed by atoms with E-state index < -0.39 is 0 Å². The van der Waals surface area contributed by atoms with Crippen LogP contribution in [0.2, 0.25) is 0 Å². The van der Waals surface area contributed by atoms with Crippen LogP contribution in [-0.4, -0.2) is 19.9 Å². The number of aromatic nitrogens is 3. The molecule has 1 heterocycles. The lowest BCUT2D eigenvalue weighted by atomic mass is 10.1. The molecule has 18 heavy (non-hydrogen) atoms. The summed E-state index contributed by atoms with van der Waals surface area (Å²) < 4.78 is 3.00. The van der Waals surface area contributed by atoms with Crippen molar-refractivity contribution in [2.75, 3.05) is 0 Å². The number of hydrogen-bond acceptors (Lipinski definition) is 3. The lowest BCUT2D eigenvalue weighted by molar-refractivity contribution is 0.264. The molecule has 0 aliphatic heterocycles. The number of aliphatic hydroxyl groups is 1. The van der Waals surface area contributed by atoms with E-state index in [-0.39, 0.29) is 6.61 Å². The molecule has 5 heteroatoms. The number of nitrogens with zero attached hydrogens (tertiary/aromatic N) is 3. The van der Waals surface area contributed by atoms with E-state index in [0.717, 1.165) is 34.4 Å². The van der Waals surface area contributed by atoms with Crippen LogP contribution in [0.1, 0.15) is 24.7 Å². The Hall–Kier alpha value is -1.20. The van der Waals surface area contributed by atoms with Gasteiger partial charge in [0.1, 0.15) is 6.61 Å². The van der Waals surface area contributed by atoms with Crippen molar-refractivity contribution in [3.05, 3.63) is 34.1 Å². The summed E-state index contributed by atoms with van der Waals surface area (Å²) in [5.74, 6) is 1.43. The third-order valence-electron chi connectivity index (χ3n) is 2.72. The molecule has 1 N–H and O–H groups in total. The molecule has 2 rings (SSSR count). The molecule has 1 aromatic carbocycles. The molecular formula is C13H16BrN3O. The van der Waals surface area contributed by atoms with Crippen molar-refractivity contribution in [2.24, 2.45) is 0 Å². The molecule has 0 saturated heterocycles. The largest absolute Gasteiger partial charge is 0.388 e. The molecule has 0 fully saturated rings. The fourth-order valence-corrected chi connectivity index (χ4v) is 2.60. The van der Waals surface area contributed by atoms with Crippen molar-refractivity contribution in [1.82, 2.24) is 14.8 Å². The smallest absolute Gasteiger partial charge is 0.164 e. The van der Waals surface area contributed by atoms with E-state index in [1.807, 2.05) is 17.6 Å². The van der Waals surface area contributed by atoms with Crippen molar-refractivity contribution < 1.29 is 5.11 Å². The fraction of sp³-hybridized carbons (Fsp3) is 0.385. The predicted octanol–water partition coefficient (Wildman–Crippen LogP) is 2.92. The zero-order valence-electron chi connectivity index (χ0n) is 10.5. The molecule has 1 aromatic heterocycles. The van der Waals surface area contributed by atoms with E-state index in [0.29, 0.717) is 5.82 Å². The first-order valence-corrected chi connectivity index (χ1v) is 6.75. The van der Waals surface area contributed by atoms with Crippen molar-refractivity contribution in [1.29, 1.82) is 0 Å². The summed E-state index contributed by atoms with van der Waals surface area (Å²) in [6.07, 6.45) is 0.977. The SMILES string of the molecule is CCCn1c(CO)nnc1-c1cc(C)cc(Br)c1. The molecule has 2 aromatic rings. The Morgan fingerprint density at radius 3 is 2.67 bits per heavy atom. The van der Waals surface area contributed by atoms with Gasteiger partial charge in [-0.05, 0) is 37.1 Å². The van der Waals surface area contributed by atoms with Gasteiger partial charge in [0, 0.05) is 16.6 Å². The number of aliphatic hydroxyl groups excluding tert-OH is 1. The standard InChI is InChI=1S/C13H16BrN3O/c1-3-4-17-12(8-18)15-16-13(17)10-5-9(2)6-11(14)7-10/h5-7,18H,3-4,8H2,1-2H3. The third-order valence-corrected chi connectivity index (χ3v) is 3.17. The Balaban J connectivity index is 2.52. The van der Waals surface area contributed by atoms with Gasteiger partial charge in [0.25, 0.3) is 0 Å². The summed E-state index contributed by atoms with van der Waals surface area (Å²) in [6, 6.07) is 6.14. The zero-order chi connectivity index (χ0) is 13.1. The van der Waals surface area contributed by atoms with Gasteiger partial charge >= 0.3 is 0 Å². The highest BCUT2D eigenvalue weighted by molar-refractivity contribution is 9.10. The predicted molar refractivity (Wildman–Crippen MR) is 74.1 cm³/mol. The number of benzene rings is 1. The van der Waals surface area contributed by atoms with E-state index in [2.05, 4.69) is 45.2 Å². The minimum absolute atomic E-state index is 0.0833.